The van der Waals surface area contributed by atoms with Crippen LogP contribution in [-0.4, -0.2) is 30.2 Å². The zero-order valence-electron chi connectivity index (χ0n) is 14.0. The van der Waals surface area contributed by atoms with E-state index < -0.39 is 10.0 Å². The van der Waals surface area contributed by atoms with E-state index in [0.29, 0.717) is 0 Å². The molecule has 2 nitrogen and oxygen atoms in total. The Morgan fingerprint density at radius 1 is 1.14 bits per heavy atom. The second-order valence-electron chi connectivity index (χ2n) is 5.78. The van der Waals surface area contributed by atoms with Crippen LogP contribution < -0.4 is 4.74 Å². The van der Waals surface area contributed by atoms with Crippen molar-refractivity contribution in [1.82, 2.24) is 0 Å². The average molecular weight is 311 g/mol. The average Bonchev–Trinajstić information content (AvgIpc) is 2.53. The number of aryl methyl sites for hydroxylation is 1. The van der Waals surface area contributed by atoms with E-state index in [2.05, 4.69) is 45.9 Å². The summed E-state index contributed by atoms with van der Waals surface area (Å²) in [4.78, 5) is 1.45. The van der Waals surface area contributed by atoms with Gasteiger partial charge in [0.25, 0.3) is 0 Å². The molecule has 1 atom stereocenters. The third-order valence-corrected chi connectivity index (χ3v) is 9.19. The molecule has 21 heavy (non-hydrogen) atoms. The molecule has 0 spiro atoms. The van der Waals surface area contributed by atoms with Gasteiger partial charge in [-0.05, 0) is 54.7 Å². The predicted octanol–water partition coefficient (Wildman–Crippen LogP) is 5.12. The van der Waals surface area contributed by atoms with Crippen molar-refractivity contribution in [2.75, 3.05) is 23.9 Å². The van der Waals surface area contributed by atoms with E-state index >= 15 is 0 Å². The van der Waals surface area contributed by atoms with Gasteiger partial charge in [0.2, 0.25) is 0 Å². The van der Waals surface area contributed by atoms with Crippen molar-refractivity contribution < 1.29 is 9.47 Å². The minimum Gasteiger partial charge on any atom is -0.464 e. The van der Waals surface area contributed by atoms with Crippen LogP contribution in [0, 0.1) is 6.92 Å². The van der Waals surface area contributed by atoms with Crippen molar-refractivity contribution in [2.45, 2.75) is 58.1 Å². The van der Waals surface area contributed by atoms with Crippen LogP contribution >= 0.6 is 10.0 Å². The Morgan fingerprint density at radius 3 is 2.43 bits per heavy atom. The molecular weight excluding hydrogens is 280 g/mol. The first-order valence-electron chi connectivity index (χ1n) is 8.30. The van der Waals surface area contributed by atoms with Crippen LogP contribution in [0.25, 0.3) is 0 Å². The number of hydrogen-bond acceptors (Lipinski definition) is 2. The predicted molar refractivity (Wildman–Crippen MR) is 92.9 cm³/mol. The molecule has 2 rings (SSSR count). The molecule has 1 aromatic rings. The van der Waals surface area contributed by atoms with Crippen molar-refractivity contribution in [3.63, 3.8) is 0 Å². The van der Waals surface area contributed by atoms with Gasteiger partial charge in [-0.2, -0.15) is 0 Å². The maximum atomic E-state index is 6.25. The molecule has 0 saturated carbocycles. The molecule has 1 unspecified atom stereocenters. The molecule has 1 aromatic carbocycles. The lowest BCUT2D eigenvalue weighted by molar-refractivity contribution is -0.107. The lowest BCUT2D eigenvalue weighted by Gasteiger charge is -2.39. The van der Waals surface area contributed by atoms with Crippen LogP contribution in [0.3, 0.4) is 0 Å². The van der Waals surface area contributed by atoms with Gasteiger partial charge >= 0.3 is 0 Å². The number of rotatable bonds is 6. The summed E-state index contributed by atoms with van der Waals surface area (Å²) in [6.07, 6.45) is 3.33. The molecule has 0 N–H and O–H groups in total. The highest BCUT2D eigenvalue weighted by molar-refractivity contribution is 8.33. The molecule has 0 aromatic heterocycles. The topological polar surface area (TPSA) is 18.5 Å². The maximum Gasteiger partial charge on any atom is 0.199 e. The van der Waals surface area contributed by atoms with Crippen LogP contribution in [0.1, 0.15) is 45.6 Å². The van der Waals surface area contributed by atoms with Crippen molar-refractivity contribution in [1.29, 1.82) is 0 Å². The highest BCUT2D eigenvalue weighted by Gasteiger charge is 2.26. The van der Waals surface area contributed by atoms with E-state index in [-0.39, 0.29) is 6.29 Å². The van der Waals surface area contributed by atoms with Crippen molar-refractivity contribution in [3.05, 3.63) is 23.8 Å². The molecule has 1 heterocycles. The molecule has 120 valence electrons. The summed E-state index contributed by atoms with van der Waals surface area (Å²) in [5.74, 6) is 4.75. The van der Waals surface area contributed by atoms with Gasteiger partial charge in [-0.3, -0.25) is 0 Å². The van der Waals surface area contributed by atoms with Crippen LogP contribution in [0.5, 0.6) is 5.75 Å². The standard InChI is InChI=1S/C18H30O2S/c1-5-21(6-2,7-3)17-14-15(4)11-12-16(17)20-18-10-8-9-13-19-18/h11-12,14,18H,5-10,13H2,1-4H3. The molecular formula is C18H30O2S. The van der Waals surface area contributed by atoms with Crippen molar-refractivity contribution >= 4 is 10.0 Å². The van der Waals surface area contributed by atoms with E-state index in [4.69, 9.17) is 9.47 Å². The van der Waals surface area contributed by atoms with Crippen LogP contribution in [-0.2, 0) is 4.74 Å². The van der Waals surface area contributed by atoms with Gasteiger partial charge in [0.15, 0.2) is 6.29 Å². The molecule has 0 bridgehead atoms. The largest absolute Gasteiger partial charge is 0.464 e. The Morgan fingerprint density at radius 2 is 1.86 bits per heavy atom. The third-order valence-electron chi connectivity index (χ3n) is 4.62. The zero-order valence-corrected chi connectivity index (χ0v) is 14.8. The summed E-state index contributed by atoms with van der Waals surface area (Å²) >= 11 is 0. The van der Waals surface area contributed by atoms with E-state index in [0.717, 1.165) is 25.2 Å². The third kappa shape index (κ3) is 3.75. The fourth-order valence-electron chi connectivity index (χ4n) is 3.08. The molecule has 1 aliphatic heterocycles. The summed E-state index contributed by atoms with van der Waals surface area (Å²) in [6.45, 7) is 9.98. The molecule has 1 saturated heterocycles. The van der Waals surface area contributed by atoms with Gasteiger partial charge in [0, 0.05) is 11.3 Å². The van der Waals surface area contributed by atoms with Crippen LogP contribution in [0.15, 0.2) is 23.1 Å². The van der Waals surface area contributed by atoms with E-state index in [1.165, 1.54) is 34.1 Å². The first-order chi connectivity index (χ1) is 10.1. The zero-order chi connectivity index (χ0) is 15.3. The number of ether oxygens (including phenoxy) is 2. The maximum absolute atomic E-state index is 6.25. The SMILES string of the molecule is CCS(CC)(CC)c1cc(C)ccc1OC1CCCCO1. The quantitative estimate of drug-likeness (QED) is 0.725. The Hall–Kier alpha value is -0.670. The normalized spacial score (nSPS) is 20.3. The Bertz CT molecular complexity index is 440. The fourth-order valence-corrected chi connectivity index (χ4v) is 6.21. The first kappa shape index (κ1) is 16.7. The molecule has 3 heteroatoms. The van der Waals surface area contributed by atoms with Crippen LogP contribution in [0.4, 0.5) is 0 Å². The highest BCUT2D eigenvalue weighted by atomic mass is 32.3. The van der Waals surface area contributed by atoms with Crippen molar-refractivity contribution in [2.24, 2.45) is 0 Å². The summed E-state index contributed by atoms with van der Waals surface area (Å²) in [5, 5.41) is 0. The minimum absolute atomic E-state index is 0.0529. The number of benzene rings is 1. The second kappa shape index (κ2) is 7.55. The molecule has 1 fully saturated rings. The van der Waals surface area contributed by atoms with E-state index in [1.54, 1.807) is 0 Å². The Kier molecular flexibility index (Phi) is 6.00. The van der Waals surface area contributed by atoms with Gasteiger partial charge in [0.1, 0.15) is 5.75 Å². The molecule has 0 radical (unpaired) electrons. The van der Waals surface area contributed by atoms with Gasteiger partial charge in [-0.25, -0.2) is 10.0 Å². The monoisotopic (exact) mass is 310 g/mol. The van der Waals surface area contributed by atoms with Gasteiger partial charge in [-0.1, -0.05) is 26.8 Å². The molecule has 0 amide bonds. The number of hydrogen-bond donors (Lipinski definition) is 0. The minimum atomic E-state index is -0.773. The van der Waals surface area contributed by atoms with E-state index in [1.807, 2.05) is 0 Å². The van der Waals surface area contributed by atoms with E-state index in [9.17, 15) is 0 Å². The van der Waals surface area contributed by atoms with Crippen molar-refractivity contribution in [3.8, 4) is 5.75 Å². The first-order valence-corrected chi connectivity index (χ1v) is 10.4. The molecule has 0 aliphatic carbocycles. The summed E-state index contributed by atoms with van der Waals surface area (Å²) in [6, 6.07) is 6.67. The van der Waals surface area contributed by atoms with Gasteiger partial charge in [0.05, 0.1) is 6.61 Å². The van der Waals surface area contributed by atoms with Crippen LogP contribution in [0.2, 0.25) is 0 Å². The summed E-state index contributed by atoms with van der Waals surface area (Å²) < 4.78 is 12.0. The molecule has 1 aliphatic rings. The second-order valence-corrected chi connectivity index (χ2v) is 10.0. The van der Waals surface area contributed by atoms with Gasteiger partial charge < -0.3 is 9.47 Å². The highest BCUT2D eigenvalue weighted by Crippen LogP contribution is 2.58. The Labute approximate surface area is 131 Å². The summed E-state index contributed by atoms with van der Waals surface area (Å²) in [7, 11) is -0.773. The summed E-state index contributed by atoms with van der Waals surface area (Å²) in [5.41, 5.74) is 1.33. The smallest absolute Gasteiger partial charge is 0.199 e. The van der Waals surface area contributed by atoms with Gasteiger partial charge in [-0.15, -0.1) is 0 Å². The fraction of sp³-hybridized carbons (Fsp3) is 0.667. The Balaban J connectivity index is 2.32. The lowest BCUT2D eigenvalue weighted by atomic mass is 10.2. The lowest BCUT2D eigenvalue weighted by Crippen LogP contribution is -2.26.